The first-order chi connectivity index (χ1) is 9.79. The molecule has 0 spiro atoms. The lowest BCUT2D eigenvalue weighted by Gasteiger charge is -2.10. The van der Waals surface area contributed by atoms with E-state index in [0.29, 0.717) is 6.04 Å². The zero-order chi connectivity index (χ0) is 13.5. The Morgan fingerprint density at radius 1 is 1.25 bits per heavy atom. The molecule has 2 aliphatic carbocycles. The summed E-state index contributed by atoms with van der Waals surface area (Å²) < 4.78 is 3.61. The second-order valence-corrected chi connectivity index (χ2v) is 7.31. The molecule has 0 unspecified atom stereocenters. The maximum atomic E-state index is 12.1. The third-order valence-electron chi connectivity index (χ3n) is 4.56. The van der Waals surface area contributed by atoms with Gasteiger partial charge in [-0.2, -0.15) is 0 Å². The first-order valence-electron chi connectivity index (χ1n) is 7.69. The van der Waals surface area contributed by atoms with Crippen LogP contribution in [-0.4, -0.2) is 17.0 Å². The maximum absolute atomic E-state index is 12.1. The third-order valence-corrected chi connectivity index (χ3v) is 5.65. The molecule has 4 heteroatoms. The molecule has 2 saturated carbocycles. The van der Waals surface area contributed by atoms with Crippen LogP contribution in [0.15, 0.2) is 18.5 Å². The molecule has 0 radical (unpaired) electrons. The van der Waals surface area contributed by atoms with Gasteiger partial charge in [-0.1, -0.05) is 12.8 Å². The smallest absolute Gasteiger partial charge is 0.261 e. The first kappa shape index (κ1) is 12.5. The third kappa shape index (κ3) is 2.37. The van der Waals surface area contributed by atoms with Crippen LogP contribution in [0.2, 0.25) is 0 Å². The second kappa shape index (κ2) is 4.92. The normalized spacial score (nSPS) is 19.8. The minimum absolute atomic E-state index is 0.102. The molecule has 20 heavy (non-hydrogen) atoms. The molecule has 0 aliphatic heterocycles. The van der Waals surface area contributed by atoms with Gasteiger partial charge in [0, 0.05) is 30.4 Å². The van der Waals surface area contributed by atoms with Crippen molar-refractivity contribution in [3.05, 3.63) is 23.3 Å². The van der Waals surface area contributed by atoms with Crippen molar-refractivity contribution in [1.29, 1.82) is 0 Å². The number of rotatable bonds is 4. The van der Waals surface area contributed by atoms with Crippen molar-refractivity contribution in [3.8, 4) is 0 Å². The van der Waals surface area contributed by atoms with Gasteiger partial charge < -0.3 is 9.88 Å². The van der Waals surface area contributed by atoms with Crippen molar-refractivity contribution in [2.24, 2.45) is 5.92 Å². The van der Waals surface area contributed by atoms with Crippen molar-refractivity contribution in [3.63, 3.8) is 0 Å². The SMILES string of the molecule is O=C(NCC1CC1)c1cc2cn(C3CCCC3)cc2s1. The first-order valence-corrected chi connectivity index (χ1v) is 8.50. The molecule has 2 aromatic heterocycles. The van der Waals surface area contributed by atoms with Gasteiger partial charge in [0.2, 0.25) is 0 Å². The summed E-state index contributed by atoms with van der Waals surface area (Å²) in [5.41, 5.74) is 0. The van der Waals surface area contributed by atoms with Crippen LogP contribution in [-0.2, 0) is 0 Å². The lowest BCUT2D eigenvalue weighted by Crippen LogP contribution is -2.24. The van der Waals surface area contributed by atoms with Gasteiger partial charge in [0.1, 0.15) is 0 Å². The lowest BCUT2D eigenvalue weighted by atomic mass is 10.2. The summed E-state index contributed by atoms with van der Waals surface area (Å²) in [6.07, 6.45) is 12.3. The number of carbonyl (C=O) groups is 1. The Hall–Kier alpha value is -1.29. The molecule has 0 atom stereocenters. The molecule has 106 valence electrons. The molecule has 2 fully saturated rings. The molecule has 1 amide bonds. The summed E-state index contributed by atoms with van der Waals surface area (Å²) >= 11 is 1.62. The molecular weight excluding hydrogens is 268 g/mol. The van der Waals surface area contributed by atoms with Gasteiger partial charge in [0.15, 0.2) is 0 Å². The van der Waals surface area contributed by atoms with Gasteiger partial charge in [-0.05, 0) is 37.7 Å². The zero-order valence-electron chi connectivity index (χ0n) is 11.6. The van der Waals surface area contributed by atoms with E-state index >= 15 is 0 Å². The Labute approximate surface area is 123 Å². The van der Waals surface area contributed by atoms with E-state index in [1.165, 1.54) is 48.6 Å². The number of nitrogens with one attached hydrogen (secondary N) is 1. The fourth-order valence-electron chi connectivity index (χ4n) is 3.13. The van der Waals surface area contributed by atoms with Gasteiger partial charge in [0.25, 0.3) is 5.91 Å². The van der Waals surface area contributed by atoms with Crippen LogP contribution in [0, 0.1) is 5.92 Å². The predicted octanol–water partition coefficient (Wildman–Crippen LogP) is 3.96. The average Bonchev–Trinajstić information content (AvgIpc) is 2.85. The minimum atomic E-state index is 0.102. The summed E-state index contributed by atoms with van der Waals surface area (Å²) in [6, 6.07) is 2.73. The van der Waals surface area contributed by atoms with E-state index in [1.807, 2.05) is 6.07 Å². The number of aromatic nitrogens is 1. The van der Waals surface area contributed by atoms with Crippen LogP contribution in [0.3, 0.4) is 0 Å². The summed E-state index contributed by atoms with van der Waals surface area (Å²) in [5.74, 6) is 0.840. The number of thiophene rings is 1. The van der Waals surface area contributed by atoms with Gasteiger partial charge in [-0.25, -0.2) is 0 Å². The number of amides is 1. The van der Waals surface area contributed by atoms with Gasteiger partial charge in [-0.3, -0.25) is 4.79 Å². The van der Waals surface area contributed by atoms with Crippen molar-refractivity contribution < 1.29 is 4.79 Å². The summed E-state index contributed by atoms with van der Waals surface area (Å²) in [7, 11) is 0. The molecule has 2 aliphatic rings. The lowest BCUT2D eigenvalue weighted by molar-refractivity contribution is 0.0956. The quantitative estimate of drug-likeness (QED) is 0.908. The molecule has 0 aromatic carbocycles. The van der Waals surface area contributed by atoms with Gasteiger partial charge in [0.05, 0.1) is 9.58 Å². The fourth-order valence-corrected chi connectivity index (χ4v) is 4.12. The Kier molecular flexibility index (Phi) is 3.06. The van der Waals surface area contributed by atoms with Crippen LogP contribution in [0.5, 0.6) is 0 Å². The van der Waals surface area contributed by atoms with Crippen LogP contribution >= 0.6 is 11.3 Å². The Morgan fingerprint density at radius 2 is 2.05 bits per heavy atom. The van der Waals surface area contributed by atoms with E-state index in [2.05, 4.69) is 22.3 Å². The Morgan fingerprint density at radius 3 is 2.75 bits per heavy atom. The summed E-state index contributed by atoms with van der Waals surface area (Å²) in [5, 5.41) is 4.27. The highest BCUT2D eigenvalue weighted by Gasteiger charge is 2.23. The number of hydrogen-bond donors (Lipinski definition) is 1. The number of hydrogen-bond acceptors (Lipinski definition) is 2. The predicted molar refractivity (Wildman–Crippen MR) is 82.4 cm³/mol. The highest BCUT2D eigenvalue weighted by Crippen LogP contribution is 2.34. The van der Waals surface area contributed by atoms with Crippen LogP contribution in [0.1, 0.15) is 54.2 Å². The van der Waals surface area contributed by atoms with E-state index < -0.39 is 0 Å². The molecular formula is C16H20N2OS. The average molecular weight is 288 g/mol. The van der Waals surface area contributed by atoms with Crippen molar-refractivity contribution >= 4 is 27.3 Å². The van der Waals surface area contributed by atoms with E-state index in [9.17, 15) is 4.79 Å². The van der Waals surface area contributed by atoms with Crippen LogP contribution in [0.25, 0.3) is 10.1 Å². The minimum Gasteiger partial charge on any atom is -0.351 e. The highest BCUT2D eigenvalue weighted by atomic mass is 32.1. The van der Waals surface area contributed by atoms with E-state index in [-0.39, 0.29) is 5.91 Å². The molecule has 2 heterocycles. The Bertz CT molecular complexity index is 600. The van der Waals surface area contributed by atoms with Crippen molar-refractivity contribution in [2.75, 3.05) is 6.54 Å². The molecule has 1 N–H and O–H groups in total. The van der Waals surface area contributed by atoms with Gasteiger partial charge >= 0.3 is 0 Å². The second-order valence-electron chi connectivity index (χ2n) is 6.23. The molecule has 0 bridgehead atoms. The maximum Gasteiger partial charge on any atom is 0.261 e. The summed E-state index contributed by atoms with van der Waals surface area (Å²) in [4.78, 5) is 12.9. The van der Waals surface area contributed by atoms with E-state index in [0.717, 1.165) is 17.3 Å². The molecule has 3 nitrogen and oxygen atoms in total. The van der Waals surface area contributed by atoms with Gasteiger partial charge in [-0.15, -0.1) is 11.3 Å². The number of fused-ring (bicyclic) bond motifs is 1. The van der Waals surface area contributed by atoms with E-state index in [4.69, 9.17) is 0 Å². The molecule has 2 aromatic rings. The highest BCUT2D eigenvalue weighted by molar-refractivity contribution is 7.20. The number of carbonyl (C=O) groups excluding carboxylic acids is 1. The monoisotopic (exact) mass is 288 g/mol. The van der Waals surface area contributed by atoms with Crippen molar-refractivity contribution in [2.45, 2.75) is 44.6 Å². The molecule has 0 saturated heterocycles. The van der Waals surface area contributed by atoms with Crippen LogP contribution in [0.4, 0.5) is 0 Å². The zero-order valence-corrected chi connectivity index (χ0v) is 12.4. The van der Waals surface area contributed by atoms with Crippen LogP contribution < -0.4 is 5.32 Å². The number of nitrogens with zero attached hydrogens (tertiary/aromatic N) is 1. The van der Waals surface area contributed by atoms with Crippen molar-refractivity contribution in [1.82, 2.24) is 9.88 Å². The topological polar surface area (TPSA) is 34.0 Å². The molecule has 4 rings (SSSR count). The van der Waals surface area contributed by atoms with E-state index in [1.54, 1.807) is 11.3 Å². The Balaban J connectivity index is 1.50. The fraction of sp³-hybridized carbons (Fsp3) is 0.562. The largest absolute Gasteiger partial charge is 0.351 e. The standard InChI is InChI=1S/C16H20N2OS/c19-16(17-8-11-5-6-11)14-7-12-9-18(10-15(12)20-14)13-3-1-2-4-13/h7,9-11,13H,1-6,8H2,(H,17,19). The summed E-state index contributed by atoms with van der Waals surface area (Å²) in [6.45, 7) is 0.850.